The number of pyridine rings is 1. The minimum atomic E-state index is 0.266. The molecule has 1 aromatic heterocycles. The lowest BCUT2D eigenvalue weighted by molar-refractivity contribution is 0.675. The van der Waals surface area contributed by atoms with Gasteiger partial charge in [-0.3, -0.25) is 4.98 Å². The lowest BCUT2D eigenvalue weighted by atomic mass is 9.92. The van der Waals surface area contributed by atoms with E-state index in [2.05, 4.69) is 53.5 Å². The van der Waals surface area contributed by atoms with Crippen molar-refractivity contribution in [2.24, 2.45) is 5.73 Å². The fraction of sp³-hybridized carbons (Fsp3) is 0.167. The Hall–Kier alpha value is -2.19. The molecule has 2 nitrogen and oxygen atoms in total. The summed E-state index contributed by atoms with van der Waals surface area (Å²) in [5, 5.41) is 2.59. The summed E-state index contributed by atoms with van der Waals surface area (Å²) in [6.45, 7) is 0.611. The maximum absolute atomic E-state index is 5.96. The van der Waals surface area contributed by atoms with Crippen LogP contribution in [0.2, 0.25) is 0 Å². The van der Waals surface area contributed by atoms with Crippen LogP contribution in [0.1, 0.15) is 17.2 Å². The molecule has 0 fully saturated rings. The van der Waals surface area contributed by atoms with E-state index in [1.807, 2.05) is 18.3 Å². The molecular formula is C18H18N2. The lowest BCUT2D eigenvalue weighted by Gasteiger charge is -2.15. The van der Waals surface area contributed by atoms with Crippen LogP contribution >= 0.6 is 0 Å². The maximum atomic E-state index is 5.96. The third-order valence-electron chi connectivity index (χ3n) is 3.74. The van der Waals surface area contributed by atoms with E-state index < -0.39 is 0 Å². The van der Waals surface area contributed by atoms with Gasteiger partial charge in [-0.2, -0.15) is 0 Å². The summed E-state index contributed by atoms with van der Waals surface area (Å²) in [6.07, 6.45) is 2.76. The van der Waals surface area contributed by atoms with Gasteiger partial charge in [-0.1, -0.05) is 48.5 Å². The van der Waals surface area contributed by atoms with Crippen LogP contribution in [0.25, 0.3) is 10.8 Å². The van der Waals surface area contributed by atoms with Crippen molar-refractivity contribution in [3.8, 4) is 0 Å². The molecule has 1 atom stereocenters. The Morgan fingerprint density at radius 1 is 0.900 bits per heavy atom. The van der Waals surface area contributed by atoms with Crippen LogP contribution in [-0.4, -0.2) is 11.5 Å². The van der Waals surface area contributed by atoms with Crippen molar-refractivity contribution >= 4 is 10.8 Å². The summed E-state index contributed by atoms with van der Waals surface area (Å²) in [4.78, 5) is 4.45. The molecule has 2 N–H and O–H groups in total. The van der Waals surface area contributed by atoms with Crippen LogP contribution in [0.15, 0.2) is 66.9 Å². The van der Waals surface area contributed by atoms with Crippen LogP contribution in [0.4, 0.5) is 0 Å². The van der Waals surface area contributed by atoms with Crippen molar-refractivity contribution < 1.29 is 0 Å². The molecule has 0 radical (unpaired) electrons. The van der Waals surface area contributed by atoms with Crippen molar-refractivity contribution in [3.63, 3.8) is 0 Å². The summed E-state index contributed by atoms with van der Waals surface area (Å²) in [7, 11) is 0. The fourth-order valence-corrected chi connectivity index (χ4v) is 2.66. The zero-order valence-electron chi connectivity index (χ0n) is 11.4. The minimum absolute atomic E-state index is 0.266. The minimum Gasteiger partial charge on any atom is -0.330 e. The predicted octanol–water partition coefficient (Wildman–Crippen LogP) is 3.52. The van der Waals surface area contributed by atoms with Crippen molar-refractivity contribution in [3.05, 3.63) is 78.1 Å². The van der Waals surface area contributed by atoms with Gasteiger partial charge in [-0.25, -0.2) is 0 Å². The molecule has 0 saturated heterocycles. The molecule has 100 valence electrons. The molecule has 0 aliphatic heterocycles. The number of nitrogens with two attached hydrogens (primary N) is 1. The van der Waals surface area contributed by atoms with Crippen LogP contribution < -0.4 is 5.73 Å². The van der Waals surface area contributed by atoms with Crippen molar-refractivity contribution in [2.75, 3.05) is 6.54 Å². The Kier molecular flexibility index (Phi) is 3.75. The van der Waals surface area contributed by atoms with Crippen LogP contribution in [0, 0.1) is 0 Å². The summed E-state index contributed by atoms with van der Waals surface area (Å²) in [5.41, 5.74) is 8.37. The Morgan fingerprint density at radius 2 is 1.70 bits per heavy atom. The topological polar surface area (TPSA) is 38.9 Å². The van der Waals surface area contributed by atoms with Crippen molar-refractivity contribution in [1.29, 1.82) is 0 Å². The first kappa shape index (κ1) is 12.8. The molecule has 0 spiro atoms. The van der Waals surface area contributed by atoms with Crippen molar-refractivity contribution in [2.45, 2.75) is 12.3 Å². The quantitative estimate of drug-likeness (QED) is 0.781. The molecule has 0 amide bonds. The van der Waals surface area contributed by atoms with Crippen molar-refractivity contribution in [1.82, 2.24) is 4.98 Å². The first-order valence-electron chi connectivity index (χ1n) is 6.96. The van der Waals surface area contributed by atoms with E-state index in [0.29, 0.717) is 6.54 Å². The summed E-state index contributed by atoms with van der Waals surface area (Å²) < 4.78 is 0. The first-order chi connectivity index (χ1) is 9.88. The van der Waals surface area contributed by atoms with E-state index in [0.717, 1.165) is 12.1 Å². The predicted molar refractivity (Wildman–Crippen MR) is 83.7 cm³/mol. The first-order valence-corrected chi connectivity index (χ1v) is 6.96. The number of nitrogens with zero attached hydrogens (tertiary/aromatic N) is 1. The molecule has 2 heteroatoms. The van der Waals surface area contributed by atoms with Crippen LogP contribution in [0.5, 0.6) is 0 Å². The van der Waals surface area contributed by atoms with Crippen LogP contribution in [0.3, 0.4) is 0 Å². The maximum Gasteiger partial charge on any atom is 0.0450 e. The molecule has 0 aliphatic carbocycles. The van der Waals surface area contributed by atoms with E-state index in [-0.39, 0.29) is 5.92 Å². The Morgan fingerprint density at radius 3 is 2.50 bits per heavy atom. The SMILES string of the molecule is NCC(Cc1cccc2ccccc12)c1ccccn1. The zero-order valence-corrected chi connectivity index (χ0v) is 11.4. The molecule has 20 heavy (non-hydrogen) atoms. The van der Waals surface area contributed by atoms with Gasteiger partial charge in [0, 0.05) is 24.4 Å². The van der Waals surface area contributed by atoms with E-state index in [1.165, 1.54) is 16.3 Å². The Labute approximate surface area is 119 Å². The lowest BCUT2D eigenvalue weighted by Crippen LogP contribution is -2.16. The molecule has 1 heterocycles. The highest BCUT2D eigenvalue weighted by molar-refractivity contribution is 5.85. The molecule has 1 unspecified atom stereocenters. The zero-order chi connectivity index (χ0) is 13.8. The van der Waals surface area contributed by atoms with Gasteiger partial charge in [0.2, 0.25) is 0 Å². The van der Waals surface area contributed by atoms with E-state index in [1.54, 1.807) is 0 Å². The third kappa shape index (κ3) is 2.56. The van der Waals surface area contributed by atoms with Gasteiger partial charge in [0.15, 0.2) is 0 Å². The molecule has 0 aliphatic rings. The molecule has 0 bridgehead atoms. The fourth-order valence-electron chi connectivity index (χ4n) is 2.66. The second-order valence-electron chi connectivity index (χ2n) is 5.03. The average molecular weight is 262 g/mol. The van der Waals surface area contributed by atoms with Gasteiger partial charge in [-0.15, -0.1) is 0 Å². The van der Waals surface area contributed by atoms with Gasteiger partial charge in [0.25, 0.3) is 0 Å². The second kappa shape index (κ2) is 5.85. The van der Waals surface area contributed by atoms with E-state index in [9.17, 15) is 0 Å². The highest BCUT2D eigenvalue weighted by atomic mass is 14.7. The molecule has 2 aromatic carbocycles. The van der Waals surface area contributed by atoms with Gasteiger partial charge < -0.3 is 5.73 Å². The summed E-state index contributed by atoms with van der Waals surface area (Å²) in [5.74, 6) is 0.266. The third-order valence-corrected chi connectivity index (χ3v) is 3.74. The number of aromatic nitrogens is 1. The van der Waals surface area contributed by atoms with Gasteiger partial charge in [-0.05, 0) is 34.9 Å². The Balaban J connectivity index is 1.96. The van der Waals surface area contributed by atoms with Crippen LogP contribution in [-0.2, 0) is 6.42 Å². The number of hydrogen-bond acceptors (Lipinski definition) is 2. The highest BCUT2D eigenvalue weighted by Crippen LogP contribution is 2.24. The molecule has 3 aromatic rings. The standard InChI is InChI=1S/C18H18N2/c19-13-16(18-10-3-4-11-20-18)12-15-8-5-7-14-6-1-2-9-17(14)15/h1-11,16H,12-13,19H2. The number of rotatable bonds is 4. The van der Waals surface area contributed by atoms with Gasteiger partial charge >= 0.3 is 0 Å². The molecule has 0 saturated carbocycles. The van der Waals surface area contributed by atoms with Gasteiger partial charge in [0.05, 0.1) is 0 Å². The van der Waals surface area contributed by atoms with Gasteiger partial charge in [0.1, 0.15) is 0 Å². The highest BCUT2D eigenvalue weighted by Gasteiger charge is 2.13. The summed E-state index contributed by atoms with van der Waals surface area (Å²) in [6, 6.07) is 21.0. The molecule has 3 rings (SSSR count). The normalized spacial score (nSPS) is 12.4. The smallest absolute Gasteiger partial charge is 0.0450 e. The second-order valence-corrected chi connectivity index (χ2v) is 5.03. The van der Waals surface area contributed by atoms with E-state index in [4.69, 9.17) is 5.73 Å². The van der Waals surface area contributed by atoms with E-state index >= 15 is 0 Å². The molecular weight excluding hydrogens is 244 g/mol. The number of hydrogen-bond donors (Lipinski definition) is 1. The number of fused-ring (bicyclic) bond motifs is 1. The average Bonchev–Trinajstić information content (AvgIpc) is 2.53. The Bertz CT molecular complexity index is 687. The largest absolute Gasteiger partial charge is 0.330 e. The number of benzene rings is 2. The monoisotopic (exact) mass is 262 g/mol. The summed E-state index contributed by atoms with van der Waals surface area (Å²) >= 11 is 0.